The van der Waals surface area contributed by atoms with E-state index < -0.39 is 0 Å². The Bertz CT molecular complexity index is 591. The third-order valence-corrected chi connectivity index (χ3v) is 4.97. The fourth-order valence-corrected chi connectivity index (χ4v) is 3.04. The van der Waals surface area contributed by atoms with E-state index in [1.807, 2.05) is 24.3 Å². The van der Waals surface area contributed by atoms with Gasteiger partial charge in [-0.2, -0.15) is 5.10 Å². The van der Waals surface area contributed by atoms with E-state index in [9.17, 15) is 9.59 Å². The van der Waals surface area contributed by atoms with Gasteiger partial charge in [-0.15, -0.1) is 0 Å². The number of carbonyl (C=O) groups excluding carboxylic acids is 2. The maximum atomic E-state index is 11.8. The molecule has 0 bridgehead atoms. The highest BCUT2D eigenvalue weighted by atomic mass is 79.9. The van der Waals surface area contributed by atoms with Crippen LogP contribution in [0.5, 0.6) is 0 Å². The average Bonchev–Trinajstić information content (AvgIpc) is 2.66. The van der Waals surface area contributed by atoms with E-state index in [2.05, 4.69) is 38.7 Å². The molecule has 150 valence electrons. The molecular formula is C21H32BrN3O2. The number of hydrogen-bond donors (Lipinski definition) is 2. The van der Waals surface area contributed by atoms with Crippen LogP contribution in [0.1, 0.15) is 76.7 Å². The Morgan fingerprint density at radius 2 is 1.59 bits per heavy atom. The highest BCUT2D eigenvalue weighted by molar-refractivity contribution is 9.10. The lowest BCUT2D eigenvalue weighted by molar-refractivity contribution is -0.126. The van der Waals surface area contributed by atoms with Crippen molar-refractivity contribution in [3.05, 3.63) is 34.3 Å². The first-order chi connectivity index (χ1) is 13.1. The minimum Gasteiger partial charge on any atom is -0.347 e. The van der Waals surface area contributed by atoms with E-state index in [0.29, 0.717) is 6.42 Å². The summed E-state index contributed by atoms with van der Waals surface area (Å²) in [5.74, 6) is -0.415. The summed E-state index contributed by atoms with van der Waals surface area (Å²) in [6, 6.07) is 7.58. The number of halogens is 1. The minimum absolute atomic E-state index is 0.0520. The molecule has 2 amide bonds. The normalized spacial score (nSPS) is 10.9. The van der Waals surface area contributed by atoms with Gasteiger partial charge >= 0.3 is 0 Å². The molecule has 27 heavy (non-hydrogen) atoms. The zero-order chi connectivity index (χ0) is 19.7. The summed E-state index contributed by atoms with van der Waals surface area (Å²) < 4.78 is 0.900. The number of nitrogens with zero attached hydrogens (tertiary/aromatic N) is 1. The van der Waals surface area contributed by atoms with Crippen LogP contribution in [0.25, 0.3) is 0 Å². The predicted octanol–water partition coefficient (Wildman–Crippen LogP) is 4.94. The second-order valence-corrected chi connectivity index (χ2v) is 7.52. The summed E-state index contributed by atoms with van der Waals surface area (Å²) >= 11 is 3.41. The topological polar surface area (TPSA) is 70.6 Å². The lowest BCUT2D eigenvalue weighted by atomic mass is 10.1. The molecule has 1 aromatic carbocycles. The molecule has 0 radical (unpaired) electrons. The second kappa shape index (κ2) is 15.4. The Morgan fingerprint density at radius 3 is 2.26 bits per heavy atom. The van der Waals surface area contributed by atoms with Crippen molar-refractivity contribution >= 4 is 34.0 Å². The molecule has 0 fully saturated rings. The molecule has 0 spiro atoms. The van der Waals surface area contributed by atoms with Gasteiger partial charge in [0.25, 0.3) is 5.91 Å². The quantitative estimate of drug-likeness (QED) is 0.246. The van der Waals surface area contributed by atoms with Crippen LogP contribution in [0.2, 0.25) is 0 Å². The number of rotatable bonds is 14. The summed E-state index contributed by atoms with van der Waals surface area (Å²) in [5.41, 5.74) is 3.28. The molecule has 2 N–H and O–H groups in total. The van der Waals surface area contributed by atoms with Crippen molar-refractivity contribution in [1.82, 2.24) is 10.7 Å². The molecule has 0 atom stereocenters. The summed E-state index contributed by atoms with van der Waals surface area (Å²) in [7, 11) is 0. The molecule has 0 aliphatic rings. The SMILES string of the molecule is CCCCCCCCCCCC(=O)NCC(=O)N/N=C\c1ccccc1Br. The molecule has 0 saturated carbocycles. The van der Waals surface area contributed by atoms with Crippen LogP contribution in [0.4, 0.5) is 0 Å². The summed E-state index contributed by atoms with van der Waals surface area (Å²) in [6.45, 7) is 2.18. The van der Waals surface area contributed by atoms with Crippen LogP contribution in [0, 0.1) is 0 Å². The van der Waals surface area contributed by atoms with Crippen molar-refractivity contribution < 1.29 is 9.59 Å². The predicted molar refractivity (Wildman–Crippen MR) is 115 cm³/mol. The summed E-state index contributed by atoms with van der Waals surface area (Å²) in [6.07, 6.45) is 13.0. The average molecular weight is 438 g/mol. The molecular weight excluding hydrogens is 406 g/mol. The first-order valence-corrected chi connectivity index (χ1v) is 10.8. The third-order valence-electron chi connectivity index (χ3n) is 4.25. The van der Waals surface area contributed by atoms with Gasteiger partial charge in [-0.05, 0) is 12.5 Å². The van der Waals surface area contributed by atoms with Crippen LogP contribution < -0.4 is 10.7 Å². The smallest absolute Gasteiger partial charge is 0.259 e. The fraction of sp³-hybridized carbons (Fsp3) is 0.571. The van der Waals surface area contributed by atoms with Gasteiger partial charge in [0.15, 0.2) is 0 Å². The molecule has 1 aromatic rings. The molecule has 1 rings (SSSR count). The Kier molecular flexibility index (Phi) is 13.3. The van der Waals surface area contributed by atoms with Crippen molar-refractivity contribution in [2.45, 2.75) is 71.1 Å². The monoisotopic (exact) mass is 437 g/mol. The van der Waals surface area contributed by atoms with E-state index >= 15 is 0 Å². The minimum atomic E-state index is -0.335. The van der Waals surface area contributed by atoms with Crippen LogP contribution in [-0.2, 0) is 9.59 Å². The van der Waals surface area contributed by atoms with E-state index in [-0.39, 0.29) is 18.4 Å². The van der Waals surface area contributed by atoms with Gasteiger partial charge in [-0.3, -0.25) is 9.59 Å². The number of hydrazone groups is 1. The Morgan fingerprint density at radius 1 is 0.963 bits per heavy atom. The Hall–Kier alpha value is -1.69. The summed E-state index contributed by atoms with van der Waals surface area (Å²) in [4.78, 5) is 23.5. The first-order valence-electron chi connectivity index (χ1n) is 9.96. The van der Waals surface area contributed by atoms with Crippen LogP contribution in [0.15, 0.2) is 33.8 Å². The molecule has 0 heterocycles. The lowest BCUT2D eigenvalue weighted by Crippen LogP contribution is -2.34. The Balaban J connectivity index is 2.02. The Labute approximate surface area is 171 Å². The summed E-state index contributed by atoms with van der Waals surface area (Å²) in [5, 5.41) is 6.53. The molecule has 6 heteroatoms. The third kappa shape index (κ3) is 12.3. The largest absolute Gasteiger partial charge is 0.347 e. The first kappa shape index (κ1) is 23.3. The van der Waals surface area contributed by atoms with Gasteiger partial charge in [-0.25, -0.2) is 5.43 Å². The lowest BCUT2D eigenvalue weighted by Gasteiger charge is -2.05. The van der Waals surface area contributed by atoms with Crippen molar-refractivity contribution in [3.63, 3.8) is 0 Å². The highest BCUT2D eigenvalue weighted by Gasteiger charge is 2.04. The van der Waals surface area contributed by atoms with E-state index in [0.717, 1.165) is 22.9 Å². The fourth-order valence-electron chi connectivity index (χ4n) is 2.66. The molecule has 0 saturated heterocycles. The molecule has 0 aliphatic carbocycles. The number of hydrogen-bond acceptors (Lipinski definition) is 3. The molecule has 0 unspecified atom stereocenters. The zero-order valence-corrected chi connectivity index (χ0v) is 17.9. The molecule has 0 aliphatic heterocycles. The number of unbranched alkanes of at least 4 members (excludes halogenated alkanes) is 8. The van der Waals surface area contributed by atoms with E-state index in [1.54, 1.807) is 6.21 Å². The number of nitrogens with one attached hydrogen (secondary N) is 2. The maximum absolute atomic E-state index is 11.8. The number of carbonyl (C=O) groups is 2. The molecule has 0 aromatic heterocycles. The highest BCUT2D eigenvalue weighted by Crippen LogP contribution is 2.13. The van der Waals surface area contributed by atoms with Crippen LogP contribution in [-0.4, -0.2) is 24.6 Å². The van der Waals surface area contributed by atoms with Crippen LogP contribution in [0.3, 0.4) is 0 Å². The number of amides is 2. The van der Waals surface area contributed by atoms with Crippen LogP contribution >= 0.6 is 15.9 Å². The van der Waals surface area contributed by atoms with Gasteiger partial charge in [0.05, 0.1) is 12.8 Å². The van der Waals surface area contributed by atoms with Crippen molar-refractivity contribution in [3.8, 4) is 0 Å². The second-order valence-electron chi connectivity index (χ2n) is 6.67. The van der Waals surface area contributed by atoms with Crippen molar-refractivity contribution in [2.75, 3.05) is 6.54 Å². The van der Waals surface area contributed by atoms with E-state index in [4.69, 9.17) is 0 Å². The van der Waals surface area contributed by atoms with Gasteiger partial charge in [0.1, 0.15) is 0 Å². The van der Waals surface area contributed by atoms with E-state index in [1.165, 1.54) is 44.9 Å². The van der Waals surface area contributed by atoms with Crippen molar-refractivity contribution in [2.24, 2.45) is 5.10 Å². The van der Waals surface area contributed by atoms with Gasteiger partial charge < -0.3 is 5.32 Å². The molecule has 5 nitrogen and oxygen atoms in total. The van der Waals surface area contributed by atoms with Gasteiger partial charge in [0, 0.05) is 16.5 Å². The number of benzene rings is 1. The van der Waals surface area contributed by atoms with Crippen molar-refractivity contribution in [1.29, 1.82) is 0 Å². The maximum Gasteiger partial charge on any atom is 0.259 e. The standard InChI is InChI=1S/C21H32BrN3O2/c1-2-3-4-5-6-7-8-9-10-15-20(26)23-17-21(27)25-24-16-18-13-11-12-14-19(18)22/h11-14,16H,2-10,15,17H2,1H3,(H,23,26)(H,25,27)/b24-16-. The van der Waals surface area contributed by atoms with Gasteiger partial charge in [0.2, 0.25) is 5.91 Å². The zero-order valence-electron chi connectivity index (χ0n) is 16.3. The van der Waals surface area contributed by atoms with Gasteiger partial charge in [-0.1, -0.05) is 92.4 Å².